The molecular weight excluding hydrogens is 450 g/mol. The molecular formula is C21H17ClF2N2O4S. The lowest BCUT2D eigenvalue weighted by Gasteiger charge is -2.19. The van der Waals surface area contributed by atoms with Gasteiger partial charge in [0.05, 0.1) is 6.42 Å². The topological polar surface area (TPSA) is 95.5 Å². The van der Waals surface area contributed by atoms with Crippen molar-refractivity contribution < 1.29 is 28.3 Å². The summed E-state index contributed by atoms with van der Waals surface area (Å²) in [6, 6.07) is 5.34. The van der Waals surface area contributed by atoms with E-state index >= 15 is 0 Å². The molecule has 2 atom stereocenters. The number of rotatable bonds is 7. The van der Waals surface area contributed by atoms with E-state index < -0.39 is 41.5 Å². The number of carbonyl (C=O) groups excluding carboxylic acids is 2. The normalized spacial score (nSPS) is 12.9. The smallest absolute Gasteiger partial charge is 0.330 e. The van der Waals surface area contributed by atoms with E-state index in [2.05, 4.69) is 10.6 Å². The van der Waals surface area contributed by atoms with Gasteiger partial charge in [-0.1, -0.05) is 11.6 Å². The van der Waals surface area contributed by atoms with Gasteiger partial charge in [0.1, 0.15) is 17.7 Å². The van der Waals surface area contributed by atoms with E-state index in [0.29, 0.717) is 22.0 Å². The maximum absolute atomic E-state index is 13.3. The molecule has 0 aliphatic carbocycles. The van der Waals surface area contributed by atoms with Crippen LogP contribution in [0.15, 0.2) is 41.8 Å². The van der Waals surface area contributed by atoms with E-state index in [9.17, 15) is 28.3 Å². The van der Waals surface area contributed by atoms with Crippen LogP contribution in [0.3, 0.4) is 0 Å². The van der Waals surface area contributed by atoms with E-state index in [0.717, 1.165) is 16.8 Å². The van der Waals surface area contributed by atoms with Gasteiger partial charge in [-0.05, 0) is 53.6 Å². The van der Waals surface area contributed by atoms with Crippen LogP contribution < -0.4 is 10.6 Å². The van der Waals surface area contributed by atoms with Gasteiger partial charge in [-0.3, -0.25) is 9.59 Å². The van der Waals surface area contributed by atoms with Crippen molar-refractivity contribution in [2.75, 3.05) is 0 Å². The molecule has 0 saturated heterocycles. The van der Waals surface area contributed by atoms with Crippen LogP contribution in [-0.2, 0) is 20.8 Å². The Morgan fingerprint density at radius 3 is 2.42 bits per heavy atom. The fourth-order valence-corrected chi connectivity index (χ4v) is 4.18. The molecule has 3 N–H and O–H groups in total. The zero-order chi connectivity index (χ0) is 22.7. The molecule has 0 saturated carbocycles. The van der Waals surface area contributed by atoms with Crippen molar-refractivity contribution in [1.29, 1.82) is 0 Å². The SMILES string of the molecule is C[C@H](NC(=O)Cc1cc(F)cc(F)c1)C(=O)NC(C(=O)O)c1csc2ccc(Cl)cc12. The Morgan fingerprint density at radius 1 is 1.10 bits per heavy atom. The average Bonchev–Trinajstić information content (AvgIpc) is 3.07. The number of halogens is 3. The summed E-state index contributed by atoms with van der Waals surface area (Å²) < 4.78 is 27.3. The zero-order valence-electron chi connectivity index (χ0n) is 16.1. The summed E-state index contributed by atoms with van der Waals surface area (Å²) in [7, 11) is 0. The standard InChI is InChI=1S/C21H17ClF2N2O4S/c1-10(25-18(27)6-11-4-13(23)8-14(24)5-11)20(28)26-19(21(29)30)16-9-31-17-3-2-12(22)7-15(16)17/h2-5,7-10,19H,6H2,1H3,(H,25,27)(H,26,28)(H,29,30)/t10-,19?/m0/s1. The first-order valence-corrected chi connectivity index (χ1v) is 10.3. The van der Waals surface area contributed by atoms with Crippen LogP contribution in [-0.4, -0.2) is 28.9 Å². The highest BCUT2D eigenvalue weighted by molar-refractivity contribution is 7.17. The van der Waals surface area contributed by atoms with Crippen molar-refractivity contribution in [2.45, 2.75) is 25.4 Å². The van der Waals surface area contributed by atoms with E-state index in [4.69, 9.17) is 11.6 Å². The molecule has 1 heterocycles. The van der Waals surface area contributed by atoms with Crippen LogP contribution >= 0.6 is 22.9 Å². The highest BCUT2D eigenvalue weighted by Gasteiger charge is 2.27. The minimum Gasteiger partial charge on any atom is -0.479 e. The summed E-state index contributed by atoms with van der Waals surface area (Å²) in [5.41, 5.74) is 0.477. The monoisotopic (exact) mass is 466 g/mol. The Balaban J connectivity index is 1.69. The maximum Gasteiger partial charge on any atom is 0.330 e. The molecule has 162 valence electrons. The van der Waals surface area contributed by atoms with Gasteiger partial charge in [-0.2, -0.15) is 0 Å². The summed E-state index contributed by atoms with van der Waals surface area (Å²) in [6.45, 7) is 1.38. The zero-order valence-corrected chi connectivity index (χ0v) is 17.7. The number of hydrogen-bond donors (Lipinski definition) is 3. The third-order valence-corrected chi connectivity index (χ3v) is 5.68. The summed E-state index contributed by atoms with van der Waals surface area (Å²) in [5, 5.41) is 17.1. The molecule has 10 heteroatoms. The summed E-state index contributed by atoms with van der Waals surface area (Å²) in [6.07, 6.45) is -0.345. The Bertz CT molecular complexity index is 1150. The molecule has 1 aromatic heterocycles. The molecule has 3 aromatic rings. The van der Waals surface area contributed by atoms with Crippen LogP contribution in [0, 0.1) is 11.6 Å². The lowest BCUT2D eigenvalue weighted by atomic mass is 10.1. The van der Waals surface area contributed by atoms with Crippen molar-refractivity contribution in [3.8, 4) is 0 Å². The second-order valence-electron chi connectivity index (χ2n) is 6.86. The molecule has 6 nitrogen and oxygen atoms in total. The Labute approximate surface area is 184 Å². The Hall–Kier alpha value is -3.04. The molecule has 0 bridgehead atoms. The van der Waals surface area contributed by atoms with Gasteiger partial charge < -0.3 is 15.7 Å². The van der Waals surface area contributed by atoms with Crippen molar-refractivity contribution in [3.63, 3.8) is 0 Å². The number of amides is 2. The Kier molecular flexibility index (Phi) is 6.87. The fourth-order valence-electron chi connectivity index (χ4n) is 3.04. The largest absolute Gasteiger partial charge is 0.479 e. The number of thiophene rings is 1. The van der Waals surface area contributed by atoms with Crippen molar-refractivity contribution in [2.24, 2.45) is 0 Å². The van der Waals surface area contributed by atoms with Crippen LogP contribution in [0.2, 0.25) is 5.02 Å². The fraction of sp³-hybridized carbons (Fsp3) is 0.190. The van der Waals surface area contributed by atoms with Crippen molar-refractivity contribution in [3.05, 3.63) is 69.6 Å². The maximum atomic E-state index is 13.3. The molecule has 0 aliphatic rings. The number of hydrogen-bond acceptors (Lipinski definition) is 4. The molecule has 2 amide bonds. The van der Waals surface area contributed by atoms with Crippen molar-refractivity contribution >= 4 is 50.8 Å². The Morgan fingerprint density at radius 2 is 1.77 bits per heavy atom. The highest BCUT2D eigenvalue weighted by atomic mass is 35.5. The first-order valence-electron chi connectivity index (χ1n) is 9.08. The van der Waals surface area contributed by atoms with Crippen LogP contribution in [0.5, 0.6) is 0 Å². The van der Waals surface area contributed by atoms with Crippen LogP contribution in [0.4, 0.5) is 8.78 Å². The molecule has 0 fully saturated rings. The molecule has 2 aromatic carbocycles. The van der Waals surface area contributed by atoms with E-state index in [-0.39, 0.29) is 12.0 Å². The van der Waals surface area contributed by atoms with Gasteiger partial charge in [-0.25, -0.2) is 13.6 Å². The first kappa shape index (κ1) is 22.6. The summed E-state index contributed by atoms with van der Waals surface area (Å²) >= 11 is 7.32. The van der Waals surface area contributed by atoms with Gasteiger partial charge in [0, 0.05) is 21.4 Å². The predicted molar refractivity (Wildman–Crippen MR) is 113 cm³/mol. The highest BCUT2D eigenvalue weighted by Crippen LogP contribution is 2.32. The predicted octanol–water partition coefficient (Wildman–Crippen LogP) is 3.82. The molecule has 31 heavy (non-hydrogen) atoms. The number of carbonyl (C=O) groups is 3. The number of benzene rings is 2. The molecule has 0 spiro atoms. The van der Waals surface area contributed by atoms with Gasteiger partial charge in [0.15, 0.2) is 6.04 Å². The third kappa shape index (κ3) is 5.56. The number of fused-ring (bicyclic) bond motifs is 1. The van der Waals surface area contributed by atoms with Gasteiger partial charge in [0.25, 0.3) is 0 Å². The summed E-state index contributed by atoms with van der Waals surface area (Å²) in [4.78, 5) is 36.5. The van der Waals surface area contributed by atoms with Gasteiger partial charge in [-0.15, -0.1) is 11.3 Å². The van der Waals surface area contributed by atoms with E-state index in [1.165, 1.54) is 18.3 Å². The third-order valence-electron chi connectivity index (χ3n) is 4.47. The second kappa shape index (κ2) is 9.40. The quantitative estimate of drug-likeness (QED) is 0.493. The average molecular weight is 467 g/mol. The van der Waals surface area contributed by atoms with Crippen LogP contribution in [0.1, 0.15) is 24.1 Å². The number of carboxylic acids is 1. The van der Waals surface area contributed by atoms with Crippen molar-refractivity contribution in [1.82, 2.24) is 10.6 Å². The second-order valence-corrected chi connectivity index (χ2v) is 8.20. The number of carboxylic acid groups (broad SMARTS) is 1. The summed E-state index contributed by atoms with van der Waals surface area (Å²) in [5.74, 6) is -4.29. The minimum absolute atomic E-state index is 0.104. The minimum atomic E-state index is -1.35. The number of aliphatic carboxylic acids is 1. The molecule has 1 unspecified atom stereocenters. The van der Waals surface area contributed by atoms with E-state index in [1.54, 1.807) is 23.6 Å². The lowest BCUT2D eigenvalue weighted by molar-refractivity contribution is -0.142. The first-order chi connectivity index (χ1) is 14.6. The van der Waals surface area contributed by atoms with Crippen LogP contribution in [0.25, 0.3) is 10.1 Å². The lowest BCUT2D eigenvalue weighted by Crippen LogP contribution is -2.47. The number of nitrogens with one attached hydrogen (secondary N) is 2. The molecule has 3 rings (SSSR count). The van der Waals surface area contributed by atoms with Gasteiger partial charge >= 0.3 is 5.97 Å². The van der Waals surface area contributed by atoms with E-state index in [1.807, 2.05) is 0 Å². The van der Waals surface area contributed by atoms with Gasteiger partial charge in [0.2, 0.25) is 11.8 Å². The molecule has 0 radical (unpaired) electrons. The molecule has 0 aliphatic heterocycles.